The van der Waals surface area contributed by atoms with E-state index in [9.17, 15) is 4.79 Å². The molecule has 2 aromatic heterocycles. The van der Waals surface area contributed by atoms with Crippen molar-refractivity contribution in [1.82, 2.24) is 20.4 Å². The molecule has 124 valence electrons. The molecule has 0 bridgehead atoms. The summed E-state index contributed by atoms with van der Waals surface area (Å²) in [5.74, 6) is 1.86. The third kappa shape index (κ3) is 3.98. The summed E-state index contributed by atoms with van der Waals surface area (Å²) in [6, 6.07) is 3.57. The van der Waals surface area contributed by atoms with Crippen LogP contribution in [0.1, 0.15) is 32.1 Å². The van der Waals surface area contributed by atoms with Gasteiger partial charge in [0.2, 0.25) is 11.8 Å². The molecular weight excluding hydrogens is 296 g/mol. The molecule has 7 heteroatoms. The maximum absolute atomic E-state index is 12.0. The predicted molar refractivity (Wildman–Crippen MR) is 83.3 cm³/mol. The highest BCUT2D eigenvalue weighted by atomic mass is 16.4. The molecule has 7 nitrogen and oxygen atoms in total. The fourth-order valence-electron chi connectivity index (χ4n) is 2.75. The smallest absolute Gasteiger partial charge is 0.283 e. The number of nitrogens with zero attached hydrogens (tertiary/aromatic N) is 3. The number of carbonyl (C=O) groups is 1. The van der Waals surface area contributed by atoms with Gasteiger partial charge in [-0.15, -0.1) is 10.2 Å². The molecule has 1 aliphatic heterocycles. The molecule has 3 rings (SSSR count). The number of aromatic nitrogens is 2. The molecule has 23 heavy (non-hydrogen) atoms. The van der Waals surface area contributed by atoms with E-state index in [-0.39, 0.29) is 11.8 Å². The Labute approximate surface area is 135 Å². The number of nitrogens with one attached hydrogen (secondary N) is 1. The van der Waals surface area contributed by atoms with Crippen LogP contribution in [0.4, 0.5) is 0 Å². The first kappa shape index (κ1) is 15.7. The van der Waals surface area contributed by atoms with Crippen LogP contribution < -0.4 is 5.32 Å². The van der Waals surface area contributed by atoms with Crippen molar-refractivity contribution < 1.29 is 13.6 Å². The number of piperidine rings is 1. The predicted octanol–water partition coefficient (Wildman–Crippen LogP) is 2.07. The average molecular weight is 318 g/mol. The second-order valence-electron chi connectivity index (χ2n) is 5.82. The molecule has 0 radical (unpaired) electrons. The van der Waals surface area contributed by atoms with Crippen molar-refractivity contribution in [2.75, 3.05) is 19.6 Å². The van der Waals surface area contributed by atoms with Gasteiger partial charge in [0, 0.05) is 12.5 Å². The van der Waals surface area contributed by atoms with Crippen molar-refractivity contribution in [3.63, 3.8) is 0 Å². The lowest BCUT2D eigenvalue weighted by Gasteiger charge is -2.30. The van der Waals surface area contributed by atoms with Crippen LogP contribution in [0.3, 0.4) is 0 Å². The molecule has 0 unspecified atom stereocenters. The van der Waals surface area contributed by atoms with Gasteiger partial charge in [0.1, 0.15) is 0 Å². The van der Waals surface area contributed by atoms with Gasteiger partial charge in [0.15, 0.2) is 5.76 Å². The Morgan fingerprint density at radius 3 is 2.91 bits per heavy atom. The summed E-state index contributed by atoms with van der Waals surface area (Å²) < 4.78 is 10.9. The van der Waals surface area contributed by atoms with Crippen LogP contribution in [-0.4, -0.2) is 40.6 Å². The normalized spacial score (nSPS) is 16.6. The number of likely N-dealkylation sites (tertiary alicyclic amines) is 1. The molecule has 0 spiro atoms. The molecule has 1 amide bonds. The molecular formula is C16H22N4O3. The first-order valence-corrected chi connectivity index (χ1v) is 8.12. The zero-order valence-electron chi connectivity index (χ0n) is 13.3. The van der Waals surface area contributed by atoms with Crippen molar-refractivity contribution in [2.24, 2.45) is 5.92 Å². The Morgan fingerprint density at radius 2 is 2.22 bits per heavy atom. The lowest BCUT2D eigenvalue weighted by Crippen LogP contribution is -2.40. The molecule has 2 aromatic rings. The number of furan rings is 1. The number of hydrogen-bond acceptors (Lipinski definition) is 6. The summed E-state index contributed by atoms with van der Waals surface area (Å²) in [4.78, 5) is 14.2. The van der Waals surface area contributed by atoms with Gasteiger partial charge < -0.3 is 14.2 Å². The molecule has 0 atom stereocenters. The fourth-order valence-corrected chi connectivity index (χ4v) is 2.75. The largest absolute Gasteiger partial charge is 0.459 e. The Kier molecular flexibility index (Phi) is 5.07. The standard InChI is InChI=1S/C16H22N4O3/c1-2-7-17-15(21)12-5-8-20(9-6-12)11-14-18-19-16(23-14)13-4-3-10-22-13/h3-4,10,12H,2,5-9,11H2,1H3,(H,17,21). The van der Waals surface area contributed by atoms with Crippen molar-refractivity contribution >= 4 is 5.91 Å². The molecule has 0 saturated carbocycles. The number of carbonyl (C=O) groups excluding carboxylic acids is 1. The number of amides is 1. The van der Waals surface area contributed by atoms with E-state index in [1.54, 1.807) is 18.4 Å². The van der Waals surface area contributed by atoms with E-state index < -0.39 is 0 Å². The van der Waals surface area contributed by atoms with E-state index in [1.807, 2.05) is 0 Å². The highest BCUT2D eigenvalue weighted by Crippen LogP contribution is 2.21. The Morgan fingerprint density at radius 1 is 1.39 bits per heavy atom. The SMILES string of the molecule is CCCNC(=O)C1CCN(Cc2nnc(-c3ccco3)o2)CC1. The average Bonchev–Trinajstić information content (AvgIpc) is 3.24. The minimum atomic E-state index is 0.124. The van der Waals surface area contributed by atoms with Crippen molar-refractivity contribution in [3.8, 4) is 11.7 Å². The van der Waals surface area contributed by atoms with E-state index in [2.05, 4.69) is 27.3 Å². The molecule has 1 fully saturated rings. The quantitative estimate of drug-likeness (QED) is 0.877. The number of hydrogen-bond donors (Lipinski definition) is 1. The van der Waals surface area contributed by atoms with Crippen molar-refractivity contribution in [3.05, 3.63) is 24.3 Å². The van der Waals surface area contributed by atoms with E-state index in [0.29, 0.717) is 24.1 Å². The fraction of sp³-hybridized carbons (Fsp3) is 0.562. The molecule has 1 aliphatic rings. The van der Waals surface area contributed by atoms with Crippen LogP contribution in [0.5, 0.6) is 0 Å². The topological polar surface area (TPSA) is 84.4 Å². The Bertz CT molecular complexity index is 615. The highest BCUT2D eigenvalue weighted by molar-refractivity contribution is 5.78. The third-order valence-electron chi connectivity index (χ3n) is 4.07. The summed E-state index contributed by atoms with van der Waals surface area (Å²) in [5, 5.41) is 11.0. The molecule has 1 N–H and O–H groups in total. The van der Waals surface area contributed by atoms with Gasteiger partial charge in [-0.3, -0.25) is 9.69 Å². The van der Waals surface area contributed by atoms with E-state index in [0.717, 1.165) is 38.9 Å². The number of rotatable bonds is 6. The Hall–Kier alpha value is -2.15. The Balaban J connectivity index is 1.48. The molecule has 0 aromatic carbocycles. The molecule has 3 heterocycles. The lowest BCUT2D eigenvalue weighted by atomic mass is 9.96. The second kappa shape index (κ2) is 7.41. The van der Waals surface area contributed by atoms with Gasteiger partial charge in [0.05, 0.1) is 12.8 Å². The summed E-state index contributed by atoms with van der Waals surface area (Å²) >= 11 is 0. The minimum absolute atomic E-state index is 0.124. The van der Waals surface area contributed by atoms with Gasteiger partial charge in [-0.25, -0.2) is 0 Å². The minimum Gasteiger partial charge on any atom is -0.459 e. The molecule has 0 aliphatic carbocycles. The van der Waals surface area contributed by atoms with Gasteiger partial charge >= 0.3 is 0 Å². The van der Waals surface area contributed by atoms with E-state index in [4.69, 9.17) is 8.83 Å². The van der Waals surface area contributed by atoms with Crippen molar-refractivity contribution in [1.29, 1.82) is 0 Å². The second-order valence-corrected chi connectivity index (χ2v) is 5.82. The van der Waals surface area contributed by atoms with Crippen LogP contribution >= 0.6 is 0 Å². The van der Waals surface area contributed by atoms with Crippen molar-refractivity contribution in [2.45, 2.75) is 32.7 Å². The lowest BCUT2D eigenvalue weighted by molar-refractivity contribution is -0.126. The van der Waals surface area contributed by atoms with Crippen LogP contribution in [-0.2, 0) is 11.3 Å². The van der Waals surface area contributed by atoms with Crippen LogP contribution in [0, 0.1) is 5.92 Å². The van der Waals surface area contributed by atoms with Crippen LogP contribution in [0.25, 0.3) is 11.7 Å². The summed E-state index contributed by atoms with van der Waals surface area (Å²) in [6.45, 7) is 5.16. The molecule has 1 saturated heterocycles. The van der Waals surface area contributed by atoms with Gasteiger partial charge in [-0.05, 0) is 44.5 Å². The maximum Gasteiger partial charge on any atom is 0.283 e. The van der Waals surface area contributed by atoms with Gasteiger partial charge in [-0.2, -0.15) is 0 Å². The monoisotopic (exact) mass is 318 g/mol. The van der Waals surface area contributed by atoms with Crippen LogP contribution in [0.15, 0.2) is 27.2 Å². The van der Waals surface area contributed by atoms with E-state index in [1.165, 1.54) is 0 Å². The summed E-state index contributed by atoms with van der Waals surface area (Å²) in [5.41, 5.74) is 0. The zero-order valence-corrected chi connectivity index (χ0v) is 13.3. The van der Waals surface area contributed by atoms with Crippen LogP contribution in [0.2, 0.25) is 0 Å². The van der Waals surface area contributed by atoms with Gasteiger partial charge in [-0.1, -0.05) is 6.92 Å². The first-order valence-electron chi connectivity index (χ1n) is 8.12. The van der Waals surface area contributed by atoms with E-state index >= 15 is 0 Å². The maximum atomic E-state index is 12.0. The van der Waals surface area contributed by atoms with Gasteiger partial charge in [0.25, 0.3) is 5.89 Å². The highest BCUT2D eigenvalue weighted by Gasteiger charge is 2.25. The summed E-state index contributed by atoms with van der Waals surface area (Å²) in [6.07, 6.45) is 4.29. The summed E-state index contributed by atoms with van der Waals surface area (Å²) in [7, 11) is 0. The zero-order chi connectivity index (χ0) is 16.1. The first-order chi connectivity index (χ1) is 11.3. The third-order valence-corrected chi connectivity index (χ3v) is 4.07.